The fourth-order valence-corrected chi connectivity index (χ4v) is 3.93. The highest BCUT2D eigenvalue weighted by Crippen LogP contribution is 2.23. The summed E-state index contributed by atoms with van der Waals surface area (Å²) in [7, 11) is -3.90. The van der Waals surface area contributed by atoms with Gasteiger partial charge in [0.05, 0.1) is 11.4 Å². The van der Waals surface area contributed by atoms with Crippen molar-refractivity contribution in [3.63, 3.8) is 0 Å². The van der Waals surface area contributed by atoms with Gasteiger partial charge in [-0.2, -0.15) is 4.98 Å². The molecular weight excluding hydrogens is 378 g/mol. The zero-order chi connectivity index (χ0) is 18.7. The molecule has 2 N–H and O–H groups in total. The number of hydrogen-bond donors (Lipinski definition) is 2. The number of benzene rings is 1. The van der Waals surface area contributed by atoms with Crippen LogP contribution < -0.4 is 10.0 Å². The van der Waals surface area contributed by atoms with E-state index in [1.165, 1.54) is 17.4 Å². The summed E-state index contributed by atoms with van der Waals surface area (Å²) in [6, 6.07) is 4.79. The molecule has 0 atom stereocenters. The number of carbonyl (C=O) groups is 1. The lowest BCUT2D eigenvalue weighted by Crippen LogP contribution is -2.33. The van der Waals surface area contributed by atoms with Gasteiger partial charge in [0, 0.05) is 24.1 Å². The molecule has 0 unspecified atom stereocenters. The Hall–Kier alpha value is -2.63. The molecule has 26 heavy (non-hydrogen) atoms. The van der Waals surface area contributed by atoms with Crippen LogP contribution in [0.3, 0.4) is 0 Å². The SMILES string of the molecule is Cc1nc(-c2ccc(C)c(S(=O)(=O)NCC(=O)Nc3nccs3)c2)no1. The highest BCUT2D eigenvalue weighted by Gasteiger charge is 2.20. The van der Waals surface area contributed by atoms with Gasteiger partial charge in [-0.1, -0.05) is 17.3 Å². The molecule has 0 fully saturated rings. The van der Waals surface area contributed by atoms with Gasteiger partial charge in [0.2, 0.25) is 27.6 Å². The number of aromatic nitrogens is 3. The van der Waals surface area contributed by atoms with Crippen LogP contribution in [-0.4, -0.2) is 36.0 Å². The second-order valence-electron chi connectivity index (χ2n) is 5.33. The molecule has 136 valence electrons. The molecule has 9 nitrogen and oxygen atoms in total. The molecule has 2 heterocycles. The molecular formula is C15H15N5O4S2. The van der Waals surface area contributed by atoms with Crippen molar-refractivity contribution in [2.24, 2.45) is 0 Å². The average Bonchev–Trinajstić information content (AvgIpc) is 3.25. The largest absolute Gasteiger partial charge is 0.339 e. The van der Waals surface area contributed by atoms with Gasteiger partial charge in [-0.05, 0) is 18.6 Å². The molecule has 0 saturated carbocycles. The third kappa shape index (κ3) is 4.12. The molecule has 0 aliphatic carbocycles. The van der Waals surface area contributed by atoms with Crippen molar-refractivity contribution in [2.45, 2.75) is 18.7 Å². The van der Waals surface area contributed by atoms with Crippen LogP contribution >= 0.6 is 11.3 Å². The summed E-state index contributed by atoms with van der Waals surface area (Å²) in [5.74, 6) is 0.161. The van der Waals surface area contributed by atoms with Crippen molar-refractivity contribution in [1.82, 2.24) is 19.8 Å². The predicted octanol–water partition coefficient (Wildman–Crippen LogP) is 1.73. The van der Waals surface area contributed by atoms with Crippen LogP contribution in [0.15, 0.2) is 39.2 Å². The summed E-state index contributed by atoms with van der Waals surface area (Å²) >= 11 is 1.24. The molecule has 0 aliphatic rings. The van der Waals surface area contributed by atoms with E-state index in [1.807, 2.05) is 0 Å². The molecule has 1 amide bonds. The molecule has 1 aromatic carbocycles. The van der Waals surface area contributed by atoms with Crippen LogP contribution in [0, 0.1) is 13.8 Å². The first-order valence-corrected chi connectivity index (χ1v) is 9.82. The third-order valence-corrected chi connectivity index (χ3v) is 5.60. The number of hydrogen-bond acceptors (Lipinski definition) is 8. The molecule has 0 spiro atoms. The van der Waals surface area contributed by atoms with E-state index in [4.69, 9.17) is 4.52 Å². The lowest BCUT2D eigenvalue weighted by Gasteiger charge is -2.10. The molecule has 0 aliphatic heterocycles. The van der Waals surface area contributed by atoms with Crippen LogP contribution in [0.4, 0.5) is 5.13 Å². The fraction of sp³-hybridized carbons (Fsp3) is 0.200. The van der Waals surface area contributed by atoms with Crippen LogP contribution in [0.5, 0.6) is 0 Å². The van der Waals surface area contributed by atoms with E-state index in [-0.39, 0.29) is 4.90 Å². The highest BCUT2D eigenvalue weighted by atomic mass is 32.2. The van der Waals surface area contributed by atoms with Gasteiger partial charge in [0.15, 0.2) is 5.13 Å². The molecule has 2 aromatic heterocycles. The number of nitrogens with one attached hydrogen (secondary N) is 2. The maximum atomic E-state index is 12.6. The minimum atomic E-state index is -3.90. The van der Waals surface area contributed by atoms with Crippen LogP contribution in [0.2, 0.25) is 0 Å². The summed E-state index contributed by atoms with van der Waals surface area (Å²) in [4.78, 5) is 19.9. The van der Waals surface area contributed by atoms with E-state index in [2.05, 4.69) is 25.2 Å². The molecule has 3 aromatic rings. The Morgan fingerprint density at radius 3 is 2.77 bits per heavy atom. The third-order valence-electron chi connectivity index (χ3n) is 3.36. The molecule has 0 saturated heterocycles. The van der Waals surface area contributed by atoms with Gasteiger partial charge >= 0.3 is 0 Å². The molecule has 11 heteroatoms. The van der Waals surface area contributed by atoms with Crippen LogP contribution in [-0.2, 0) is 14.8 Å². The van der Waals surface area contributed by atoms with Gasteiger partial charge in [0.25, 0.3) is 0 Å². The van der Waals surface area contributed by atoms with Gasteiger partial charge in [-0.25, -0.2) is 18.1 Å². The monoisotopic (exact) mass is 393 g/mol. The van der Waals surface area contributed by atoms with Crippen molar-refractivity contribution >= 4 is 32.4 Å². The lowest BCUT2D eigenvalue weighted by molar-refractivity contribution is -0.115. The lowest BCUT2D eigenvalue weighted by atomic mass is 10.1. The second-order valence-corrected chi connectivity index (χ2v) is 7.96. The maximum Gasteiger partial charge on any atom is 0.241 e. The Kier molecular flexibility index (Phi) is 5.11. The highest BCUT2D eigenvalue weighted by molar-refractivity contribution is 7.89. The minimum Gasteiger partial charge on any atom is -0.339 e. The topological polar surface area (TPSA) is 127 Å². The summed E-state index contributed by atoms with van der Waals surface area (Å²) in [5.41, 5.74) is 1.03. The average molecular weight is 393 g/mol. The van der Waals surface area contributed by atoms with Crippen molar-refractivity contribution in [3.05, 3.63) is 41.2 Å². The first kappa shape index (κ1) is 18.2. The first-order chi connectivity index (χ1) is 12.3. The van der Waals surface area contributed by atoms with Crippen molar-refractivity contribution < 1.29 is 17.7 Å². The first-order valence-electron chi connectivity index (χ1n) is 7.45. The van der Waals surface area contributed by atoms with Gasteiger partial charge < -0.3 is 9.84 Å². The normalized spacial score (nSPS) is 11.5. The summed E-state index contributed by atoms with van der Waals surface area (Å²) in [5, 5.41) is 8.40. The summed E-state index contributed by atoms with van der Waals surface area (Å²) in [6.07, 6.45) is 1.54. The van der Waals surface area contributed by atoms with E-state index in [0.717, 1.165) is 0 Å². The van der Waals surface area contributed by atoms with E-state index in [1.54, 1.807) is 37.6 Å². The number of sulfonamides is 1. The van der Waals surface area contributed by atoms with Crippen LogP contribution in [0.25, 0.3) is 11.4 Å². The number of nitrogens with zero attached hydrogens (tertiary/aromatic N) is 3. The predicted molar refractivity (Wildman–Crippen MR) is 95.1 cm³/mol. The van der Waals surface area contributed by atoms with Crippen molar-refractivity contribution in [3.8, 4) is 11.4 Å². The minimum absolute atomic E-state index is 0.0412. The van der Waals surface area contributed by atoms with Crippen LogP contribution in [0.1, 0.15) is 11.5 Å². The Labute approximate surface area is 153 Å². The maximum absolute atomic E-state index is 12.6. The standard InChI is InChI=1S/C15H15N5O4S2/c1-9-3-4-11(14-18-10(2)24-20-14)7-12(9)26(22,23)17-8-13(21)19-15-16-5-6-25-15/h3-7,17H,8H2,1-2H3,(H,16,19,21). The summed E-state index contributed by atoms with van der Waals surface area (Å²) < 4.78 is 32.4. The molecule has 0 radical (unpaired) electrons. The van der Waals surface area contributed by atoms with E-state index >= 15 is 0 Å². The molecule has 3 rings (SSSR count). The summed E-state index contributed by atoms with van der Waals surface area (Å²) in [6.45, 7) is 2.90. The number of carbonyl (C=O) groups excluding carboxylic acids is 1. The quantitative estimate of drug-likeness (QED) is 0.653. The van der Waals surface area contributed by atoms with Gasteiger partial charge in [0.1, 0.15) is 0 Å². The van der Waals surface area contributed by atoms with Gasteiger partial charge in [-0.3, -0.25) is 4.79 Å². The smallest absolute Gasteiger partial charge is 0.241 e. The number of amides is 1. The Bertz CT molecular complexity index is 1030. The zero-order valence-electron chi connectivity index (χ0n) is 13.9. The number of rotatable bonds is 6. The number of aryl methyl sites for hydroxylation is 2. The fourth-order valence-electron chi connectivity index (χ4n) is 2.13. The second kappa shape index (κ2) is 7.32. The Morgan fingerprint density at radius 1 is 1.31 bits per heavy atom. The molecule has 0 bridgehead atoms. The van der Waals surface area contributed by atoms with E-state index < -0.39 is 22.5 Å². The Morgan fingerprint density at radius 2 is 2.12 bits per heavy atom. The number of thiazole rings is 1. The van der Waals surface area contributed by atoms with Crippen molar-refractivity contribution in [1.29, 1.82) is 0 Å². The van der Waals surface area contributed by atoms with E-state index in [9.17, 15) is 13.2 Å². The number of anilines is 1. The Balaban J connectivity index is 1.77. The van der Waals surface area contributed by atoms with Gasteiger partial charge in [-0.15, -0.1) is 11.3 Å². The zero-order valence-corrected chi connectivity index (χ0v) is 15.5. The van der Waals surface area contributed by atoms with Crippen molar-refractivity contribution in [2.75, 3.05) is 11.9 Å². The van der Waals surface area contributed by atoms with E-state index in [0.29, 0.717) is 28.0 Å².